The molecule has 1 aromatic rings. The number of hydrogen-bond acceptors (Lipinski definition) is 5. The fourth-order valence-electron chi connectivity index (χ4n) is 2.79. The number of aromatic nitrogens is 2. The van der Waals surface area contributed by atoms with Crippen LogP contribution in [0.15, 0.2) is 0 Å². The highest BCUT2D eigenvalue weighted by atomic mass is 32.1. The third-order valence-corrected chi connectivity index (χ3v) is 4.83. The average molecular weight is 311 g/mol. The van der Waals surface area contributed by atoms with Crippen LogP contribution in [-0.2, 0) is 11.2 Å². The Hall–Kier alpha value is -1.50. The lowest BCUT2D eigenvalue weighted by Crippen LogP contribution is -2.50. The average Bonchev–Trinajstić information content (AvgIpc) is 2.94. The van der Waals surface area contributed by atoms with Crippen LogP contribution in [0.2, 0.25) is 0 Å². The Bertz CT molecular complexity index is 517. The minimum absolute atomic E-state index is 0.226. The number of amides is 1. The zero-order chi connectivity index (χ0) is 15.4. The molecular weight excluding hydrogens is 290 g/mol. The lowest BCUT2D eigenvalue weighted by Gasteiger charge is -2.36. The van der Waals surface area contributed by atoms with Crippen molar-refractivity contribution >= 4 is 23.4 Å². The van der Waals surface area contributed by atoms with E-state index in [-0.39, 0.29) is 5.91 Å². The number of carbonyl (C=O) groups is 2. The van der Waals surface area contributed by atoms with Crippen molar-refractivity contribution in [2.45, 2.75) is 52.0 Å². The van der Waals surface area contributed by atoms with Gasteiger partial charge in [0.05, 0.1) is 5.69 Å². The molecule has 7 heteroatoms. The zero-order valence-electron chi connectivity index (χ0n) is 12.4. The second kappa shape index (κ2) is 6.98. The molecular formula is C14H21N3O3S. The van der Waals surface area contributed by atoms with Crippen molar-refractivity contribution in [1.29, 1.82) is 0 Å². The Labute approximate surface area is 128 Å². The lowest BCUT2D eigenvalue weighted by atomic mass is 9.88. The number of carboxylic acids is 1. The first-order chi connectivity index (χ1) is 10.1. The quantitative estimate of drug-likeness (QED) is 0.901. The fourth-order valence-corrected chi connectivity index (χ4v) is 3.45. The van der Waals surface area contributed by atoms with Crippen molar-refractivity contribution in [3.8, 4) is 0 Å². The van der Waals surface area contributed by atoms with E-state index in [0.29, 0.717) is 35.9 Å². The maximum atomic E-state index is 12.7. The van der Waals surface area contributed by atoms with Gasteiger partial charge in [0, 0.05) is 6.54 Å². The topological polar surface area (TPSA) is 83.4 Å². The van der Waals surface area contributed by atoms with E-state index >= 15 is 0 Å². The van der Waals surface area contributed by atoms with E-state index in [1.54, 1.807) is 0 Å². The monoisotopic (exact) mass is 311 g/mol. The number of likely N-dealkylation sites (tertiary alicyclic amines) is 1. The van der Waals surface area contributed by atoms with Crippen LogP contribution in [-0.4, -0.2) is 44.1 Å². The normalized spacial score (nSPS) is 22.3. The van der Waals surface area contributed by atoms with Crippen molar-refractivity contribution in [3.05, 3.63) is 10.6 Å². The summed E-state index contributed by atoms with van der Waals surface area (Å²) in [6, 6.07) is -0.729. The van der Waals surface area contributed by atoms with Gasteiger partial charge < -0.3 is 10.0 Å². The Balaban J connectivity index is 2.20. The molecule has 0 aromatic carbocycles. The summed E-state index contributed by atoms with van der Waals surface area (Å²) in [5, 5.41) is 13.4. The van der Waals surface area contributed by atoms with Gasteiger partial charge in [-0.1, -0.05) is 31.2 Å². The third-order valence-electron chi connectivity index (χ3n) is 4.07. The zero-order valence-corrected chi connectivity index (χ0v) is 13.2. The molecule has 0 saturated carbocycles. The molecule has 6 nitrogen and oxygen atoms in total. The van der Waals surface area contributed by atoms with Crippen LogP contribution in [0, 0.1) is 5.92 Å². The molecule has 21 heavy (non-hydrogen) atoms. The van der Waals surface area contributed by atoms with Crippen LogP contribution in [0.4, 0.5) is 0 Å². The molecule has 0 spiro atoms. The van der Waals surface area contributed by atoms with Gasteiger partial charge in [-0.15, -0.1) is 5.10 Å². The molecule has 0 radical (unpaired) electrons. The third kappa shape index (κ3) is 3.40. The van der Waals surface area contributed by atoms with Crippen LogP contribution >= 0.6 is 11.5 Å². The number of carbonyl (C=O) groups excluding carboxylic acids is 1. The molecule has 2 heterocycles. The number of rotatable bonds is 5. The Morgan fingerprint density at radius 1 is 1.43 bits per heavy atom. The van der Waals surface area contributed by atoms with Gasteiger partial charge in [0.25, 0.3) is 5.91 Å². The van der Waals surface area contributed by atoms with Crippen LogP contribution in [0.3, 0.4) is 0 Å². The first-order valence-electron chi connectivity index (χ1n) is 7.43. The highest BCUT2D eigenvalue weighted by Crippen LogP contribution is 2.28. The molecule has 0 aliphatic carbocycles. The van der Waals surface area contributed by atoms with Gasteiger partial charge in [-0.2, -0.15) is 0 Å². The van der Waals surface area contributed by atoms with Gasteiger partial charge in [-0.25, -0.2) is 4.79 Å². The van der Waals surface area contributed by atoms with E-state index in [1.807, 2.05) is 6.92 Å². The number of aryl methyl sites for hydroxylation is 1. The minimum atomic E-state index is -0.920. The van der Waals surface area contributed by atoms with E-state index in [4.69, 9.17) is 0 Å². The molecule has 2 rings (SSSR count). The number of nitrogens with zero attached hydrogens (tertiary/aromatic N) is 3. The van der Waals surface area contributed by atoms with Crippen molar-refractivity contribution < 1.29 is 14.7 Å². The van der Waals surface area contributed by atoms with E-state index in [2.05, 4.69) is 16.5 Å². The van der Waals surface area contributed by atoms with Gasteiger partial charge in [-0.05, 0) is 36.7 Å². The van der Waals surface area contributed by atoms with Gasteiger partial charge in [0.1, 0.15) is 10.9 Å². The number of aliphatic carboxylic acids is 1. The smallest absolute Gasteiger partial charge is 0.326 e. The Kier molecular flexibility index (Phi) is 5.27. The minimum Gasteiger partial charge on any atom is -0.480 e. The summed E-state index contributed by atoms with van der Waals surface area (Å²) in [5.41, 5.74) is 0.689. The fraction of sp³-hybridized carbons (Fsp3) is 0.714. The second-order valence-electron chi connectivity index (χ2n) is 5.45. The molecule has 1 N–H and O–H groups in total. The maximum Gasteiger partial charge on any atom is 0.326 e. The predicted octanol–water partition coefficient (Wildman–Crippen LogP) is 2.21. The van der Waals surface area contributed by atoms with E-state index in [1.165, 1.54) is 4.90 Å². The van der Waals surface area contributed by atoms with Crippen LogP contribution in [0.1, 0.15) is 54.9 Å². The molecule has 0 bridgehead atoms. The van der Waals surface area contributed by atoms with Crippen molar-refractivity contribution in [1.82, 2.24) is 14.5 Å². The van der Waals surface area contributed by atoms with Crippen LogP contribution < -0.4 is 0 Å². The first kappa shape index (κ1) is 15.9. The summed E-state index contributed by atoms with van der Waals surface area (Å²) in [4.78, 5) is 26.1. The molecule has 1 fully saturated rings. The summed E-state index contributed by atoms with van der Waals surface area (Å²) >= 11 is 1.07. The van der Waals surface area contributed by atoms with Crippen LogP contribution in [0.25, 0.3) is 0 Å². The molecule has 2 unspecified atom stereocenters. The van der Waals surface area contributed by atoms with E-state index in [0.717, 1.165) is 30.8 Å². The van der Waals surface area contributed by atoms with Gasteiger partial charge >= 0.3 is 5.97 Å². The summed E-state index contributed by atoms with van der Waals surface area (Å²) < 4.78 is 3.85. The molecule has 1 amide bonds. The molecule has 116 valence electrons. The number of piperidine rings is 1. The standard InChI is InChI=1S/C14H21N3O3S/c1-3-5-10-12(21-16-15-10)13(18)17-7-6-9(4-2)8-11(17)14(19)20/h9,11H,3-8H2,1-2H3,(H,19,20). The number of carboxylic acid groups (broad SMARTS) is 1. The summed E-state index contributed by atoms with van der Waals surface area (Å²) in [5.74, 6) is -0.767. The largest absolute Gasteiger partial charge is 0.480 e. The van der Waals surface area contributed by atoms with Crippen molar-refractivity contribution in [2.24, 2.45) is 5.92 Å². The van der Waals surface area contributed by atoms with Gasteiger partial charge in [0.15, 0.2) is 0 Å². The van der Waals surface area contributed by atoms with Gasteiger partial charge in [-0.3, -0.25) is 4.79 Å². The van der Waals surface area contributed by atoms with Gasteiger partial charge in [0.2, 0.25) is 0 Å². The molecule has 1 aliphatic heterocycles. The summed E-state index contributed by atoms with van der Waals surface area (Å²) in [6.07, 6.45) is 3.93. The first-order valence-corrected chi connectivity index (χ1v) is 8.20. The second-order valence-corrected chi connectivity index (χ2v) is 6.20. The SMILES string of the molecule is CCCc1nnsc1C(=O)N1CCC(CC)CC1C(=O)O. The molecule has 1 aromatic heterocycles. The summed E-state index contributed by atoms with van der Waals surface area (Å²) in [6.45, 7) is 4.58. The van der Waals surface area contributed by atoms with E-state index < -0.39 is 12.0 Å². The molecule has 1 saturated heterocycles. The molecule has 2 atom stereocenters. The lowest BCUT2D eigenvalue weighted by molar-refractivity contribution is -0.144. The van der Waals surface area contributed by atoms with Crippen LogP contribution in [0.5, 0.6) is 0 Å². The maximum absolute atomic E-state index is 12.7. The predicted molar refractivity (Wildman–Crippen MR) is 79.4 cm³/mol. The molecule has 1 aliphatic rings. The highest BCUT2D eigenvalue weighted by molar-refractivity contribution is 7.08. The van der Waals surface area contributed by atoms with Crippen molar-refractivity contribution in [2.75, 3.05) is 6.54 Å². The summed E-state index contributed by atoms with van der Waals surface area (Å²) in [7, 11) is 0. The Morgan fingerprint density at radius 3 is 2.81 bits per heavy atom. The van der Waals surface area contributed by atoms with E-state index in [9.17, 15) is 14.7 Å². The highest BCUT2D eigenvalue weighted by Gasteiger charge is 2.37. The van der Waals surface area contributed by atoms with Crippen molar-refractivity contribution in [3.63, 3.8) is 0 Å². The Morgan fingerprint density at radius 2 is 2.19 bits per heavy atom. The number of hydrogen-bond donors (Lipinski definition) is 1.